The third kappa shape index (κ3) is 11.7. The molecule has 15 heteroatoms. The lowest BCUT2D eigenvalue weighted by atomic mass is 10.1. The quantitative estimate of drug-likeness (QED) is 0.164. The van der Waals surface area contributed by atoms with Gasteiger partial charge in [0.15, 0.2) is 0 Å². The highest BCUT2D eigenvalue weighted by molar-refractivity contribution is 7.51. The van der Waals surface area contributed by atoms with Gasteiger partial charge in [-0.3, -0.25) is 18.8 Å². The van der Waals surface area contributed by atoms with E-state index in [-0.39, 0.29) is 0 Å². The fraction of sp³-hybridized carbons (Fsp3) is 0.875. The number of nitrogens with zero attached hydrogens (tertiary/aromatic N) is 1. The number of aliphatic carboxylic acids is 1. The predicted molar refractivity (Wildman–Crippen MR) is 72.1 cm³/mol. The highest BCUT2D eigenvalue weighted by atomic mass is 31.2. The van der Waals surface area contributed by atoms with E-state index in [4.69, 9.17) is 24.7 Å². The smallest absolute Gasteiger partial charge is 0.469 e. The zero-order chi connectivity index (χ0) is 18.4. The number of aliphatic hydroxyl groups excluding tert-OH is 3. The van der Waals surface area contributed by atoms with Gasteiger partial charge in [-0.2, -0.15) is 0 Å². The van der Waals surface area contributed by atoms with Crippen molar-refractivity contribution in [2.75, 3.05) is 26.0 Å². The highest BCUT2D eigenvalue weighted by Gasteiger charge is 2.31. The van der Waals surface area contributed by atoms with Gasteiger partial charge in [0.05, 0.1) is 19.3 Å². The molecule has 0 heterocycles. The molecule has 0 spiro atoms. The molecule has 0 fully saturated rings. The molecule has 13 nitrogen and oxygen atoms in total. The molecule has 0 aliphatic carbocycles. The van der Waals surface area contributed by atoms with Crippen molar-refractivity contribution in [3.05, 3.63) is 0 Å². The Balaban J connectivity index is 4.69. The van der Waals surface area contributed by atoms with Crippen LogP contribution < -0.4 is 0 Å². The van der Waals surface area contributed by atoms with E-state index in [1.54, 1.807) is 0 Å². The molecular formula is C8H19NO12P2. The summed E-state index contributed by atoms with van der Waals surface area (Å²) in [6, 6.07) is 0. The Kier molecular flexibility index (Phi) is 8.99. The average Bonchev–Trinajstić information content (AvgIpc) is 2.30. The normalized spacial score (nSPS) is 17.0. The highest BCUT2D eigenvalue weighted by Crippen LogP contribution is 2.36. The molecule has 0 saturated heterocycles. The maximum absolute atomic E-state index is 10.9. The summed E-state index contributed by atoms with van der Waals surface area (Å²) in [5.74, 6) is -1.45. The average molecular weight is 383 g/mol. The molecule has 0 radical (unpaired) electrons. The molecule has 0 aromatic carbocycles. The van der Waals surface area contributed by atoms with Crippen molar-refractivity contribution >= 4 is 21.4 Å². The molecule has 0 bridgehead atoms. The van der Waals surface area contributed by atoms with Crippen molar-refractivity contribution in [3.63, 3.8) is 0 Å². The Morgan fingerprint density at radius 3 is 1.96 bits per heavy atom. The molecule has 0 saturated carbocycles. The van der Waals surface area contributed by atoms with Gasteiger partial charge in [-0.15, -0.1) is 0 Å². The van der Waals surface area contributed by atoms with Crippen molar-refractivity contribution in [1.82, 2.24) is 4.90 Å². The molecule has 23 heavy (non-hydrogen) atoms. The van der Waals surface area contributed by atoms with Crippen LogP contribution in [0.15, 0.2) is 0 Å². The van der Waals surface area contributed by atoms with Crippen molar-refractivity contribution in [1.29, 1.82) is 0 Å². The number of phosphoric acid groups is 1. The first kappa shape index (κ1) is 22.6. The lowest BCUT2D eigenvalue weighted by Gasteiger charge is -2.28. The monoisotopic (exact) mass is 383 g/mol. The first-order valence-electron chi connectivity index (χ1n) is 5.94. The SMILES string of the molecule is O=C(O)CN(C[C@H](O)[C@@H](O)[C@@H](O)COP(=O)(O)O)CP(=O)(O)O. The van der Waals surface area contributed by atoms with Crippen molar-refractivity contribution in [2.45, 2.75) is 18.3 Å². The molecule has 0 unspecified atom stereocenters. The zero-order valence-electron chi connectivity index (χ0n) is 11.6. The van der Waals surface area contributed by atoms with Crippen LogP contribution in [-0.2, 0) is 18.4 Å². The predicted octanol–water partition coefficient (Wildman–Crippen LogP) is -3.30. The number of carbonyl (C=O) groups is 1. The summed E-state index contributed by atoms with van der Waals surface area (Å²) < 4.78 is 25.2. The minimum absolute atomic E-state index is 0.632. The van der Waals surface area contributed by atoms with E-state index < -0.39 is 65.7 Å². The topological polar surface area (TPSA) is 226 Å². The van der Waals surface area contributed by atoms with Gasteiger partial charge >= 0.3 is 21.4 Å². The Morgan fingerprint density at radius 1 is 1.04 bits per heavy atom. The molecule has 0 amide bonds. The maximum Gasteiger partial charge on any atom is 0.469 e. The molecule has 0 aromatic rings. The van der Waals surface area contributed by atoms with Crippen LogP contribution in [-0.4, -0.2) is 95.2 Å². The zero-order valence-corrected chi connectivity index (χ0v) is 13.4. The Morgan fingerprint density at radius 2 is 1.57 bits per heavy atom. The van der Waals surface area contributed by atoms with Gasteiger partial charge in [0.1, 0.15) is 18.5 Å². The summed E-state index contributed by atoms with van der Waals surface area (Å²) in [6.45, 7) is -2.62. The van der Waals surface area contributed by atoms with Gasteiger partial charge < -0.3 is 40.0 Å². The first-order chi connectivity index (χ1) is 10.2. The largest absolute Gasteiger partial charge is 0.480 e. The van der Waals surface area contributed by atoms with E-state index in [9.17, 15) is 29.2 Å². The Bertz CT molecular complexity index is 474. The Hall–Kier alpha value is -0.430. The van der Waals surface area contributed by atoms with Crippen LogP contribution in [0.2, 0.25) is 0 Å². The van der Waals surface area contributed by atoms with Crippen LogP contribution in [0.5, 0.6) is 0 Å². The van der Waals surface area contributed by atoms with Gasteiger partial charge in [0, 0.05) is 6.54 Å². The van der Waals surface area contributed by atoms with E-state index >= 15 is 0 Å². The summed E-state index contributed by atoms with van der Waals surface area (Å²) >= 11 is 0. The fourth-order valence-electron chi connectivity index (χ4n) is 1.53. The van der Waals surface area contributed by atoms with E-state index in [0.29, 0.717) is 4.90 Å². The fourth-order valence-corrected chi connectivity index (χ4v) is 2.61. The third-order valence-corrected chi connectivity index (χ3v) is 3.64. The number of phosphoric ester groups is 1. The van der Waals surface area contributed by atoms with Crippen LogP contribution in [0.3, 0.4) is 0 Å². The minimum atomic E-state index is -4.91. The second-order valence-corrected chi connectivity index (χ2v) is 7.47. The maximum atomic E-state index is 10.9. The second-order valence-electron chi connectivity index (χ2n) is 4.62. The standard InChI is InChI=1S/C8H19NO12P2/c10-5(8(14)6(11)3-21-23(18,19)20)1-9(2-7(12)13)4-22(15,16)17/h5-6,8,10-11,14H,1-4H2,(H,12,13)(H2,15,16,17)(H2,18,19,20)/t5-,6-,8+/m0/s1. The number of hydrogen-bond acceptors (Lipinski definition) is 8. The molecule has 3 atom stereocenters. The molecule has 0 aliphatic heterocycles. The van der Waals surface area contributed by atoms with E-state index in [1.165, 1.54) is 0 Å². The summed E-state index contributed by atoms with van der Waals surface area (Å²) in [5, 5.41) is 37.2. The molecule has 0 aromatic heterocycles. The first-order valence-corrected chi connectivity index (χ1v) is 9.27. The third-order valence-electron chi connectivity index (χ3n) is 2.39. The van der Waals surface area contributed by atoms with Crippen LogP contribution in [0, 0.1) is 0 Å². The van der Waals surface area contributed by atoms with E-state index in [0.717, 1.165) is 0 Å². The molecule has 138 valence electrons. The number of carboxylic acid groups (broad SMARTS) is 1. The van der Waals surface area contributed by atoms with Gasteiger partial charge in [-0.1, -0.05) is 0 Å². The number of aliphatic hydroxyl groups is 3. The lowest BCUT2D eigenvalue weighted by molar-refractivity contribution is -0.139. The van der Waals surface area contributed by atoms with Crippen LogP contribution in [0.1, 0.15) is 0 Å². The van der Waals surface area contributed by atoms with Crippen molar-refractivity contribution < 1.29 is 58.4 Å². The minimum Gasteiger partial charge on any atom is -0.480 e. The van der Waals surface area contributed by atoms with Gasteiger partial charge in [-0.05, 0) is 0 Å². The number of rotatable bonds is 11. The number of carboxylic acids is 1. The summed E-state index contributed by atoms with van der Waals surface area (Å²) in [4.78, 5) is 45.7. The molecule has 8 N–H and O–H groups in total. The van der Waals surface area contributed by atoms with E-state index in [2.05, 4.69) is 4.52 Å². The van der Waals surface area contributed by atoms with Crippen LogP contribution in [0.25, 0.3) is 0 Å². The van der Waals surface area contributed by atoms with Crippen LogP contribution in [0.4, 0.5) is 0 Å². The second kappa shape index (κ2) is 9.16. The van der Waals surface area contributed by atoms with Gasteiger partial charge in [0.2, 0.25) is 0 Å². The summed E-state index contributed by atoms with van der Waals surface area (Å²) in [6.07, 6.45) is -6.82. The van der Waals surface area contributed by atoms with Crippen molar-refractivity contribution in [3.8, 4) is 0 Å². The molecular weight excluding hydrogens is 364 g/mol. The van der Waals surface area contributed by atoms with E-state index in [1.807, 2.05) is 0 Å². The van der Waals surface area contributed by atoms with Gasteiger partial charge in [0.25, 0.3) is 0 Å². The molecule has 0 rings (SSSR count). The number of hydrogen-bond donors (Lipinski definition) is 8. The molecule has 0 aliphatic rings. The summed E-state index contributed by atoms with van der Waals surface area (Å²) in [5.41, 5.74) is 0. The van der Waals surface area contributed by atoms with Crippen molar-refractivity contribution in [2.24, 2.45) is 0 Å². The Labute approximate surface area is 130 Å². The summed E-state index contributed by atoms with van der Waals surface area (Å²) in [7, 11) is -9.55. The lowest BCUT2D eigenvalue weighted by Crippen LogP contribution is -2.47. The van der Waals surface area contributed by atoms with Gasteiger partial charge in [-0.25, -0.2) is 4.57 Å². The van der Waals surface area contributed by atoms with Crippen LogP contribution >= 0.6 is 15.4 Å².